The van der Waals surface area contributed by atoms with Crippen LogP contribution in [0, 0.1) is 0 Å². The third-order valence-corrected chi connectivity index (χ3v) is 6.24. The van der Waals surface area contributed by atoms with Crippen LogP contribution in [0.15, 0.2) is 42.6 Å². The second-order valence-corrected chi connectivity index (χ2v) is 8.21. The Labute approximate surface area is 179 Å². The summed E-state index contributed by atoms with van der Waals surface area (Å²) in [4.78, 5) is 29.0. The highest BCUT2D eigenvalue weighted by Crippen LogP contribution is 2.32. The van der Waals surface area contributed by atoms with E-state index in [4.69, 9.17) is 0 Å². The molecule has 0 saturated carbocycles. The maximum Gasteiger partial charge on any atom is 0.257 e. The fourth-order valence-electron chi connectivity index (χ4n) is 4.63. The summed E-state index contributed by atoms with van der Waals surface area (Å²) in [5.74, 6) is -0.359. The van der Waals surface area contributed by atoms with Crippen molar-refractivity contribution in [1.29, 1.82) is 0 Å². The first-order valence-corrected chi connectivity index (χ1v) is 10.5. The zero-order chi connectivity index (χ0) is 21.5. The summed E-state index contributed by atoms with van der Waals surface area (Å²) >= 11 is 0. The number of anilines is 2. The summed E-state index contributed by atoms with van der Waals surface area (Å²) in [6.07, 6.45) is 3.30. The van der Waals surface area contributed by atoms with E-state index in [1.54, 1.807) is 16.0 Å². The quantitative estimate of drug-likeness (QED) is 0.687. The van der Waals surface area contributed by atoms with Crippen LogP contribution in [0.1, 0.15) is 28.8 Å². The van der Waals surface area contributed by atoms with Crippen molar-refractivity contribution in [3.05, 3.63) is 53.7 Å². The molecule has 0 spiro atoms. The standard InChI is InChI=1S/C23H24FN5O2/c1-27-20-8-7-17(10-16(20)12-25-27)26-19-6-2-4-15-13-28(23(31)22(15)19)14-21(30)29-9-3-5-18(29)11-24/h2,4,6-8,10,12,18,26H,3,5,9,11,13-14H2,1H3/t18-/m0/s1. The van der Waals surface area contributed by atoms with E-state index in [1.807, 2.05) is 48.1 Å². The lowest BCUT2D eigenvalue weighted by Gasteiger charge is -2.25. The highest BCUT2D eigenvalue weighted by Gasteiger charge is 2.35. The second kappa shape index (κ2) is 7.68. The Morgan fingerprint density at radius 2 is 2.16 bits per heavy atom. The Balaban J connectivity index is 1.35. The van der Waals surface area contributed by atoms with Crippen molar-refractivity contribution in [3.8, 4) is 0 Å². The van der Waals surface area contributed by atoms with Crippen molar-refractivity contribution in [1.82, 2.24) is 19.6 Å². The van der Waals surface area contributed by atoms with Gasteiger partial charge in [0.25, 0.3) is 5.91 Å². The molecule has 5 rings (SSSR count). The molecule has 2 aliphatic rings. The lowest BCUT2D eigenvalue weighted by molar-refractivity contribution is -0.133. The van der Waals surface area contributed by atoms with Crippen molar-refractivity contribution in [2.45, 2.75) is 25.4 Å². The van der Waals surface area contributed by atoms with Gasteiger partial charge in [-0.3, -0.25) is 14.3 Å². The minimum atomic E-state index is -0.532. The maximum absolute atomic E-state index is 13.2. The SMILES string of the molecule is Cn1ncc2cc(Nc3cccc4c3C(=O)N(CC(=O)N3CCC[C@H]3CF)C4)ccc21. The second-order valence-electron chi connectivity index (χ2n) is 8.21. The van der Waals surface area contributed by atoms with Crippen LogP contribution in [-0.4, -0.2) is 57.2 Å². The first-order valence-electron chi connectivity index (χ1n) is 10.5. The maximum atomic E-state index is 13.2. The molecule has 0 bridgehead atoms. The van der Waals surface area contributed by atoms with Crippen molar-refractivity contribution in [2.24, 2.45) is 7.05 Å². The number of nitrogens with one attached hydrogen (secondary N) is 1. The summed E-state index contributed by atoms with van der Waals surface area (Å²) in [6.45, 7) is 0.386. The largest absolute Gasteiger partial charge is 0.355 e. The molecule has 2 amide bonds. The summed E-state index contributed by atoms with van der Waals surface area (Å²) in [5, 5.41) is 8.62. The molecule has 0 unspecified atom stereocenters. The Hall–Kier alpha value is -3.42. The molecule has 2 aliphatic heterocycles. The van der Waals surface area contributed by atoms with Gasteiger partial charge in [0, 0.05) is 31.2 Å². The molecule has 3 heterocycles. The van der Waals surface area contributed by atoms with Gasteiger partial charge in [0.1, 0.15) is 13.2 Å². The van der Waals surface area contributed by atoms with Crippen LogP contribution < -0.4 is 5.32 Å². The van der Waals surface area contributed by atoms with Crippen molar-refractivity contribution in [3.63, 3.8) is 0 Å². The van der Waals surface area contributed by atoms with E-state index in [0.717, 1.165) is 28.6 Å². The fourth-order valence-corrected chi connectivity index (χ4v) is 4.63. The van der Waals surface area contributed by atoms with Gasteiger partial charge in [-0.05, 0) is 42.7 Å². The van der Waals surface area contributed by atoms with Gasteiger partial charge in [-0.2, -0.15) is 5.10 Å². The van der Waals surface area contributed by atoms with Crippen LogP contribution in [0.25, 0.3) is 10.9 Å². The van der Waals surface area contributed by atoms with Gasteiger partial charge in [-0.15, -0.1) is 0 Å². The monoisotopic (exact) mass is 421 g/mol. The number of rotatable bonds is 5. The molecule has 1 saturated heterocycles. The first-order chi connectivity index (χ1) is 15.0. The van der Waals surface area contributed by atoms with E-state index in [9.17, 15) is 14.0 Å². The Morgan fingerprint density at radius 3 is 3.00 bits per heavy atom. The number of alkyl halides is 1. The summed E-state index contributed by atoms with van der Waals surface area (Å²) in [6, 6.07) is 11.3. The molecule has 160 valence electrons. The van der Waals surface area contributed by atoms with Gasteiger partial charge in [0.15, 0.2) is 0 Å². The number of carbonyl (C=O) groups is 2. The minimum Gasteiger partial charge on any atom is -0.355 e. The third-order valence-electron chi connectivity index (χ3n) is 6.24. The average Bonchev–Trinajstić information content (AvgIpc) is 3.47. The molecule has 1 aromatic heterocycles. The number of amides is 2. The van der Waals surface area contributed by atoms with E-state index < -0.39 is 6.67 Å². The number of likely N-dealkylation sites (tertiary alicyclic amines) is 1. The van der Waals surface area contributed by atoms with Crippen LogP contribution in [0.3, 0.4) is 0 Å². The van der Waals surface area contributed by atoms with Gasteiger partial charge in [-0.1, -0.05) is 12.1 Å². The number of hydrogen-bond acceptors (Lipinski definition) is 4. The minimum absolute atomic E-state index is 0.0227. The Kier molecular flexibility index (Phi) is 4.84. The molecule has 3 aromatic rings. The van der Waals surface area contributed by atoms with E-state index >= 15 is 0 Å². The molecule has 7 nitrogen and oxygen atoms in total. The lowest BCUT2D eigenvalue weighted by Crippen LogP contribution is -2.43. The zero-order valence-corrected chi connectivity index (χ0v) is 17.3. The van der Waals surface area contributed by atoms with Crippen LogP contribution in [0.5, 0.6) is 0 Å². The van der Waals surface area contributed by atoms with E-state index in [1.165, 1.54) is 0 Å². The van der Waals surface area contributed by atoms with Gasteiger partial charge < -0.3 is 15.1 Å². The summed E-state index contributed by atoms with van der Waals surface area (Å²) < 4.78 is 15.0. The van der Waals surface area contributed by atoms with Crippen LogP contribution in [0.2, 0.25) is 0 Å². The van der Waals surface area contributed by atoms with Crippen LogP contribution in [0.4, 0.5) is 15.8 Å². The molecule has 31 heavy (non-hydrogen) atoms. The predicted octanol–water partition coefficient (Wildman–Crippen LogP) is 3.23. The smallest absolute Gasteiger partial charge is 0.257 e. The predicted molar refractivity (Wildman–Crippen MR) is 116 cm³/mol. The molecule has 2 aromatic carbocycles. The van der Waals surface area contributed by atoms with Crippen molar-refractivity contribution in [2.75, 3.05) is 25.1 Å². The average molecular weight is 421 g/mol. The number of halogens is 1. The Bertz CT molecular complexity index is 1170. The lowest BCUT2D eigenvalue weighted by atomic mass is 10.1. The molecule has 0 aliphatic carbocycles. The normalized spacial score (nSPS) is 18.1. The number of aryl methyl sites for hydroxylation is 1. The number of nitrogens with zero attached hydrogens (tertiary/aromatic N) is 4. The number of fused-ring (bicyclic) bond motifs is 2. The van der Waals surface area contributed by atoms with E-state index in [-0.39, 0.29) is 24.4 Å². The van der Waals surface area contributed by atoms with Gasteiger partial charge in [-0.25, -0.2) is 4.39 Å². The highest BCUT2D eigenvalue weighted by atomic mass is 19.1. The van der Waals surface area contributed by atoms with Crippen LogP contribution >= 0.6 is 0 Å². The molecule has 8 heteroatoms. The molecule has 1 N–H and O–H groups in total. The van der Waals surface area contributed by atoms with E-state index in [2.05, 4.69) is 10.4 Å². The number of benzene rings is 2. The van der Waals surface area contributed by atoms with Gasteiger partial charge in [0.2, 0.25) is 5.91 Å². The van der Waals surface area contributed by atoms with Crippen molar-refractivity contribution < 1.29 is 14.0 Å². The topological polar surface area (TPSA) is 70.5 Å². The summed E-state index contributed by atoms with van der Waals surface area (Å²) in [7, 11) is 1.89. The van der Waals surface area contributed by atoms with Crippen molar-refractivity contribution >= 4 is 34.1 Å². The molecular formula is C23H24FN5O2. The van der Waals surface area contributed by atoms with Gasteiger partial charge >= 0.3 is 0 Å². The molecule has 1 atom stereocenters. The highest BCUT2D eigenvalue weighted by molar-refractivity contribution is 6.05. The molecular weight excluding hydrogens is 397 g/mol. The zero-order valence-electron chi connectivity index (χ0n) is 17.3. The van der Waals surface area contributed by atoms with Crippen LogP contribution in [-0.2, 0) is 18.4 Å². The molecule has 1 fully saturated rings. The first kappa shape index (κ1) is 19.5. The molecule has 0 radical (unpaired) electrons. The Morgan fingerprint density at radius 1 is 1.29 bits per heavy atom. The number of carbonyl (C=O) groups excluding carboxylic acids is 2. The summed E-state index contributed by atoms with van der Waals surface area (Å²) in [5.41, 5.74) is 4.07. The number of hydrogen-bond donors (Lipinski definition) is 1. The third kappa shape index (κ3) is 3.41. The number of aromatic nitrogens is 2. The van der Waals surface area contributed by atoms with E-state index in [0.29, 0.717) is 30.8 Å². The fraction of sp³-hybridized carbons (Fsp3) is 0.348. The van der Waals surface area contributed by atoms with Gasteiger partial charge in [0.05, 0.1) is 29.0 Å².